The summed E-state index contributed by atoms with van der Waals surface area (Å²) in [5.74, 6) is 0. The second kappa shape index (κ2) is 5.28. The van der Waals surface area contributed by atoms with Crippen molar-refractivity contribution in [2.75, 3.05) is 20.2 Å². The first-order chi connectivity index (χ1) is 7.25. The molecule has 2 aliphatic rings. The second-order valence-electron chi connectivity index (χ2n) is 5.04. The van der Waals surface area contributed by atoms with Crippen molar-refractivity contribution < 1.29 is 9.84 Å². The van der Waals surface area contributed by atoms with Crippen molar-refractivity contribution in [3.05, 3.63) is 0 Å². The first-order valence-electron chi connectivity index (χ1n) is 6.25. The van der Waals surface area contributed by atoms with E-state index in [1.54, 1.807) is 0 Å². The van der Waals surface area contributed by atoms with E-state index in [-0.39, 0.29) is 6.10 Å². The van der Waals surface area contributed by atoms with Gasteiger partial charge < -0.3 is 14.7 Å². The van der Waals surface area contributed by atoms with Gasteiger partial charge >= 0.3 is 0 Å². The Hall–Kier alpha value is -0.120. The zero-order valence-corrected chi connectivity index (χ0v) is 9.69. The van der Waals surface area contributed by atoms with E-state index in [1.165, 1.54) is 12.8 Å². The lowest BCUT2D eigenvalue weighted by atomic mass is 9.92. The Morgan fingerprint density at radius 2 is 1.93 bits per heavy atom. The predicted molar refractivity (Wildman–Crippen MR) is 59.9 cm³/mol. The monoisotopic (exact) mass is 213 g/mol. The molecule has 0 amide bonds. The molecular weight excluding hydrogens is 190 g/mol. The fourth-order valence-electron chi connectivity index (χ4n) is 2.76. The van der Waals surface area contributed by atoms with Crippen LogP contribution in [0.25, 0.3) is 0 Å². The van der Waals surface area contributed by atoms with Crippen LogP contribution in [0.3, 0.4) is 0 Å². The van der Waals surface area contributed by atoms with Gasteiger partial charge in [-0.2, -0.15) is 0 Å². The first-order valence-corrected chi connectivity index (χ1v) is 6.25. The Morgan fingerprint density at radius 3 is 2.53 bits per heavy atom. The van der Waals surface area contributed by atoms with E-state index in [1.807, 2.05) is 0 Å². The molecule has 0 radical (unpaired) electrons. The topological polar surface area (TPSA) is 32.7 Å². The predicted octanol–water partition coefficient (Wildman–Crippen LogP) is 1.40. The molecule has 1 aliphatic heterocycles. The maximum absolute atomic E-state index is 9.45. The molecule has 0 spiro atoms. The molecule has 15 heavy (non-hydrogen) atoms. The molecular formula is C12H23NO2. The van der Waals surface area contributed by atoms with Crippen LogP contribution in [0.2, 0.25) is 0 Å². The summed E-state index contributed by atoms with van der Waals surface area (Å²) >= 11 is 0. The molecule has 1 heterocycles. The molecule has 1 aliphatic carbocycles. The zero-order chi connectivity index (χ0) is 10.7. The van der Waals surface area contributed by atoms with Crippen molar-refractivity contribution in [1.82, 2.24) is 4.90 Å². The first kappa shape index (κ1) is 11.4. The smallest absolute Gasteiger partial charge is 0.0702 e. The molecule has 1 saturated carbocycles. The van der Waals surface area contributed by atoms with Crippen LogP contribution in [0.1, 0.15) is 38.5 Å². The van der Waals surface area contributed by atoms with E-state index in [9.17, 15) is 5.11 Å². The number of rotatable bonds is 3. The quantitative estimate of drug-likeness (QED) is 0.769. The van der Waals surface area contributed by atoms with Gasteiger partial charge in [-0.3, -0.25) is 0 Å². The van der Waals surface area contributed by atoms with E-state index in [0.29, 0.717) is 12.1 Å². The summed E-state index contributed by atoms with van der Waals surface area (Å²) < 4.78 is 5.64. The number of nitrogens with zero attached hydrogens (tertiary/aromatic N) is 1. The highest BCUT2D eigenvalue weighted by atomic mass is 16.5. The van der Waals surface area contributed by atoms with Gasteiger partial charge in [0.05, 0.1) is 12.2 Å². The minimum absolute atomic E-state index is 0.0441. The molecule has 0 aromatic carbocycles. The Bertz CT molecular complexity index is 184. The number of aliphatic hydroxyl groups excluding tert-OH is 1. The van der Waals surface area contributed by atoms with E-state index in [4.69, 9.17) is 4.74 Å². The van der Waals surface area contributed by atoms with Crippen molar-refractivity contribution in [2.24, 2.45) is 0 Å². The molecule has 2 rings (SSSR count). The van der Waals surface area contributed by atoms with Crippen molar-refractivity contribution in [2.45, 2.75) is 56.8 Å². The van der Waals surface area contributed by atoms with Crippen molar-refractivity contribution in [3.8, 4) is 0 Å². The third kappa shape index (κ3) is 3.16. The molecule has 3 heteroatoms. The molecule has 0 aromatic heterocycles. The van der Waals surface area contributed by atoms with Crippen LogP contribution >= 0.6 is 0 Å². The molecule has 1 unspecified atom stereocenters. The van der Waals surface area contributed by atoms with Gasteiger partial charge in [0.1, 0.15) is 0 Å². The van der Waals surface area contributed by atoms with Gasteiger partial charge in [0.25, 0.3) is 0 Å². The summed E-state index contributed by atoms with van der Waals surface area (Å²) in [6, 6.07) is 0.664. The van der Waals surface area contributed by atoms with Crippen LogP contribution in [0.5, 0.6) is 0 Å². The lowest BCUT2D eigenvalue weighted by Gasteiger charge is -2.34. The van der Waals surface area contributed by atoms with Crippen LogP contribution in [0.4, 0.5) is 0 Å². The minimum Gasteiger partial charge on any atom is -0.393 e. The van der Waals surface area contributed by atoms with E-state index in [0.717, 1.165) is 38.8 Å². The fraction of sp³-hybridized carbons (Fsp3) is 1.00. The average molecular weight is 213 g/mol. The van der Waals surface area contributed by atoms with E-state index < -0.39 is 0 Å². The van der Waals surface area contributed by atoms with E-state index >= 15 is 0 Å². The molecule has 1 N–H and O–H groups in total. The minimum atomic E-state index is -0.0441. The van der Waals surface area contributed by atoms with Crippen LogP contribution < -0.4 is 0 Å². The molecule has 3 nitrogen and oxygen atoms in total. The summed E-state index contributed by atoms with van der Waals surface area (Å²) in [6.45, 7) is 2.02. The highest BCUT2D eigenvalue weighted by Gasteiger charge is 2.25. The molecule has 88 valence electrons. The third-order valence-electron chi connectivity index (χ3n) is 3.81. The molecule has 0 aromatic rings. The Kier molecular flexibility index (Phi) is 4.00. The summed E-state index contributed by atoms with van der Waals surface area (Å²) in [5, 5.41) is 9.45. The largest absolute Gasteiger partial charge is 0.393 e. The summed E-state index contributed by atoms with van der Waals surface area (Å²) in [5.41, 5.74) is 0. The van der Waals surface area contributed by atoms with E-state index in [2.05, 4.69) is 11.9 Å². The normalized spacial score (nSPS) is 37.4. The van der Waals surface area contributed by atoms with Gasteiger partial charge in [-0.05, 0) is 45.6 Å². The number of likely N-dealkylation sites (N-methyl/N-ethyl adjacent to an activating group) is 1. The second-order valence-corrected chi connectivity index (χ2v) is 5.04. The lowest BCUT2D eigenvalue weighted by Crippen LogP contribution is -2.40. The van der Waals surface area contributed by atoms with Crippen LogP contribution in [0, 0.1) is 0 Å². The SMILES string of the molecule is CN(CC1CCCO1)C1CCC(O)CC1. The maximum Gasteiger partial charge on any atom is 0.0702 e. The number of hydrogen-bond donors (Lipinski definition) is 1. The van der Waals surface area contributed by atoms with Crippen LogP contribution in [-0.4, -0.2) is 48.5 Å². The van der Waals surface area contributed by atoms with Gasteiger partial charge in [0.15, 0.2) is 0 Å². The molecule has 2 fully saturated rings. The highest BCUT2D eigenvalue weighted by Crippen LogP contribution is 2.23. The number of hydrogen-bond acceptors (Lipinski definition) is 3. The lowest BCUT2D eigenvalue weighted by molar-refractivity contribution is 0.0426. The van der Waals surface area contributed by atoms with Gasteiger partial charge in [-0.25, -0.2) is 0 Å². The zero-order valence-electron chi connectivity index (χ0n) is 9.69. The standard InChI is InChI=1S/C12H23NO2/c1-13(9-12-3-2-8-15-12)10-4-6-11(14)7-5-10/h10-12,14H,2-9H2,1H3. The fourth-order valence-corrected chi connectivity index (χ4v) is 2.76. The van der Waals surface area contributed by atoms with Gasteiger partial charge in [0, 0.05) is 19.2 Å². The van der Waals surface area contributed by atoms with Gasteiger partial charge in [-0.15, -0.1) is 0 Å². The number of aliphatic hydroxyl groups is 1. The molecule has 1 atom stereocenters. The average Bonchev–Trinajstić information content (AvgIpc) is 2.71. The highest BCUT2D eigenvalue weighted by molar-refractivity contribution is 4.80. The number of ether oxygens (including phenoxy) is 1. The summed E-state index contributed by atoms with van der Waals surface area (Å²) in [6.07, 6.45) is 7.09. The van der Waals surface area contributed by atoms with Gasteiger partial charge in [0.2, 0.25) is 0 Å². The van der Waals surface area contributed by atoms with Gasteiger partial charge in [-0.1, -0.05) is 0 Å². The summed E-state index contributed by atoms with van der Waals surface area (Å²) in [7, 11) is 2.20. The van der Waals surface area contributed by atoms with Crippen molar-refractivity contribution >= 4 is 0 Å². The molecule has 0 bridgehead atoms. The summed E-state index contributed by atoms with van der Waals surface area (Å²) in [4.78, 5) is 2.43. The third-order valence-corrected chi connectivity index (χ3v) is 3.81. The Morgan fingerprint density at radius 1 is 1.20 bits per heavy atom. The molecule has 1 saturated heterocycles. The van der Waals surface area contributed by atoms with Crippen molar-refractivity contribution in [1.29, 1.82) is 0 Å². The maximum atomic E-state index is 9.45. The van der Waals surface area contributed by atoms with Crippen LogP contribution in [0.15, 0.2) is 0 Å². The Labute approximate surface area is 92.4 Å². The Balaban J connectivity index is 1.72. The van der Waals surface area contributed by atoms with Crippen LogP contribution in [-0.2, 0) is 4.74 Å². The van der Waals surface area contributed by atoms with Crippen molar-refractivity contribution in [3.63, 3.8) is 0 Å².